The van der Waals surface area contributed by atoms with Crippen LogP contribution in [0.1, 0.15) is 31.7 Å². The zero-order chi connectivity index (χ0) is 15.8. The Balaban J connectivity index is 1.94. The molecule has 5 heteroatoms. The molecular formula is C17H26FN3S. The highest BCUT2D eigenvalue weighted by molar-refractivity contribution is 7.98. The molecule has 2 rings (SSSR count). The molecule has 1 aliphatic carbocycles. The van der Waals surface area contributed by atoms with Crippen LogP contribution in [0.4, 0.5) is 4.39 Å². The molecule has 0 spiro atoms. The van der Waals surface area contributed by atoms with Crippen LogP contribution in [0.3, 0.4) is 0 Å². The lowest BCUT2D eigenvalue weighted by Crippen LogP contribution is -2.38. The van der Waals surface area contributed by atoms with Crippen molar-refractivity contribution in [2.24, 2.45) is 4.99 Å². The lowest BCUT2D eigenvalue weighted by Gasteiger charge is -2.16. The molecule has 0 atom stereocenters. The molecule has 1 saturated carbocycles. The van der Waals surface area contributed by atoms with Crippen LogP contribution >= 0.6 is 11.8 Å². The number of nitrogens with zero attached hydrogens (tertiary/aromatic N) is 1. The Morgan fingerprint density at radius 3 is 2.82 bits per heavy atom. The van der Waals surface area contributed by atoms with Crippen molar-refractivity contribution in [3.63, 3.8) is 0 Å². The van der Waals surface area contributed by atoms with Crippen molar-refractivity contribution in [2.45, 2.75) is 31.6 Å². The van der Waals surface area contributed by atoms with Crippen molar-refractivity contribution < 1.29 is 4.39 Å². The minimum Gasteiger partial charge on any atom is -0.357 e. The van der Waals surface area contributed by atoms with Gasteiger partial charge >= 0.3 is 0 Å². The third kappa shape index (κ3) is 4.90. The van der Waals surface area contributed by atoms with Gasteiger partial charge in [0.25, 0.3) is 0 Å². The Morgan fingerprint density at radius 2 is 2.18 bits per heavy atom. The number of aliphatic imine (C=N–C) groups is 1. The Hall–Kier alpha value is -1.23. The summed E-state index contributed by atoms with van der Waals surface area (Å²) in [4.78, 5) is 4.72. The number of hydrogen-bond donors (Lipinski definition) is 2. The molecule has 0 radical (unpaired) electrons. The van der Waals surface area contributed by atoms with Crippen LogP contribution in [-0.2, 0) is 5.41 Å². The van der Waals surface area contributed by atoms with Crippen molar-refractivity contribution in [1.29, 1.82) is 0 Å². The number of hydrogen-bond acceptors (Lipinski definition) is 2. The molecule has 0 saturated heterocycles. The summed E-state index contributed by atoms with van der Waals surface area (Å²) in [5.41, 5.74) is 1.12. The molecule has 0 unspecified atom stereocenters. The van der Waals surface area contributed by atoms with Gasteiger partial charge in [0.15, 0.2) is 5.96 Å². The molecule has 1 fully saturated rings. The standard InChI is InChI=1S/C17H26FN3S/c1-3-19-16(20-10-5-11-22-2)21-13-17(8-9-17)14-6-4-7-15(18)12-14/h4,6-7,12H,3,5,8-11,13H2,1-2H3,(H2,19,20,21). The summed E-state index contributed by atoms with van der Waals surface area (Å²) in [5, 5.41) is 6.65. The average Bonchev–Trinajstić information content (AvgIpc) is 3.30. The molecule has 3 nitrogen and oxygen atoms in total. The van der Waals surface area contributed by atoms with Gasteiger partial charge in [-0.1, -0.05) is 12.1 Å². The van der Waals surface area contributed by atoms with Crippen LogP contribution in [0.15, 0.2) is 29.3 Å². The second-order valence-electron chi connectivity index (χ2n) is 5.76. The van der Waals surface area contributed by atoms with Crippen molar-refractivity contribution in [1.82, 2.24) is 10.6 Å². The maximum atomic E-state index is 13.4. The normalized spacial score (nSPS) is 16.4. The molecule has 1 aromatic carbocycles. The molecule has 1 aliphatic rings. The number of rotatable bonds is 8. The lowest BCUT2D eigenvalue weighted by molar-refractivity contribution is 0.615. The van der Waals surface area contributed by atoms with Crippen LogP contribution in [0.25, 0.3) is 0 Å². The summed E-state index contributed by atoms with van der Waals surface area (Å²) >= 11 is 1.86. The summed E-state index contributed by atoms with van der Waals surface area (Å²) in [6.45, 7) is 4.56. The summed E-state index contributed by atoms with van der Waals surface area (Å²) < 4.78 is 13.4. The van der Waals surface area contributed by atoms with E-state index in [4.69, 9.17) is 4.99 Å². The van der Waals surface area contributed by atoms with E-state index in [1.807, 2.05) is 17.8 Å². The number of nitrogens with one attached hydrogen (secondary N) is 2. The topological polar surface area (TPSA) is 36.4 Å². The highest BCUT2D eigenvalue weighted by Gasteiger charge is 2.44. The highest BCUT2D eigenvalue weighted by atomic mass is 32.2. The Kier molecular flexibility index (Phi) is 6.55. The SMILES string of the molecule is CCNC(=NCC1(c2cccc(F)c2)CC1)NCCCSC. The van der Waals surface area contributed by atoms with Gasteiger partial charge in [0.1, 0.15) is 5.82 Å². The van der Waals surface area contributed by atoms with Crippen molar-refractivity contribution >= 4 is 17.7 Å². The maximum Gasteiger partial charge on any atom is 0.191 e. The van der Waals surface area contributed by atoms with Gasteiger partial charge in [-0.05, 0) is 55.9 Å². The second-order valence-corrected chi connectivity index (χ2v) is 6.74. The fraction of sp³-hybridized carbons (Fsp3) is 0.588. The fourth-order valence-electron chi connectivity index (χ4n) is 2.50. The number of guanidine groups is 1. The quantitative estimate of drug-likeness (QED) is 0.438. The van der Waals surface area contributed by atoms with Crippen LogP contribution < -0.4 is 10.6 Å². The second kappa shape index (κ2) is 8.42. The first-order valence-electron chi connectivity index (χ1n) is 7.97. The maximum absolute atomic E-state index is 13.4. The van der Waals surface area contributed by atoms with Crippen molar-refractivity contribution in [3.8, 4) is 0 Å². The third-order valence-electron chi connectivity index (χ3n) is 3.99. The summed E-state index contributed by atoms with van der Waals surface area (Å²) in [6.07, 6.45) is 5.42. The number of halogens is 1. The molecule has 0 amide bonds. The summed E-state index contributed by atoms with van der Waals surface area (Å²) in [7, 11) is 0. The number of thioether (sulfide) groups is 1. The van der Waals surface area contributed by atoms with E-state index < -0.39 is 0 Å². The van der Waals surface area contributed by atoms with Gasteiger partial charge in [0.05, 0.1) is 6.54 Å². The first-order chi connectivity index (χ1) is 10.7. The molecule has 0 bridgehead atoms. The van der Waals surface area contributed by atoms with E-state index in [0.29, 0.717) is 6.54 Å². The van der Waals surface area contributed by atoms with Gasteiger partial charge in [-0.3, -0.25) is 4.99 Å². The molecule has 0 aliphatic heterocycles. The predicted molar refractivity (Wildman–Crippen MR) is 94.3 cm³/mol. The van der Waals surface area contributed by atoms with E-state index in [2.05, 4.69) is 23.8 Å². The summed E-state index contributed by atoms with van der Waals surface area (Å²) in [6, 6.07) is 6.96. The van der Waals surface area contributed by atoms with E-state index in [-0.39, 0.29) is 11.2 Å². The van der Waals surface area contributed by atoms with Gasteiger partial charge in [-0.15, -0.1) is 0 Å². The zero-order valence-corrected chi connectivity index (χ0v) is 14.3. The van der Waals surface area contributed by atoms with Gasteiger partial charge in [0.2, 0.25) is 0 Å². The van der Waals surface area contributed by atoms with E-state index in [9.17, 15) is 4.39 Å². The largest absolute Gasteiger partial charge is 0.357 e. The predicted octanol–water partition coefficient (Wildman–Crippen LogP) is 3.17. The highest BCUT2D eigenvalue weighted by Crippen LogP contribution is 2.48. The molecule has 1 aromatic rings. The van der Waals surface area contributed by atoms with E-state index in [1.165, 1.54) is 6.07 Å². The van der Waals surface area contributed by atoms with Crippen LogP contribution in [-0.4, -0.2) is 37.6 Å². The van der Waals surface area contributed by atoms with Crippen LogP contribution in [0, 0.1) is 5.82 Å². The Morgan fingerprint density at radius 1 is 1.36 bits per heavy atom. The van der Waals surface area contributed by atoms with Crippen LogP contribution in [0.2, 0.25) is 0 Å². The average molecular weight is 323 g/mol. The van der Waals surface area contributed by atoms with Gasteiger partial charge in [-0.2, -0.15) is 11.8 Å². The Bertz CT molecular complexity index is 500. The van der Waals surface area contributed by atoms with Gasteiger partial charge in [-0.25, -0.2) is 4.39 Å². The summed E-state index contributed by atoms with van der Waals surface area (Å²) in [5.74, 6) is 1.86. The first-order valence-corrected chi connectivity index (χ1v) is 9.37. The minimum absolute atomic E-state index is 0.0454. The third-order valence-corrected chi connectivity index (χ3v) is 4.69. The molecule has 2 N–H and O–H groups in total. The first kappa shape index (κ1) is 17.1. The zero-order valence-electron chi connectivity index (χ0n) is 13.5. The minimum atomic E-state index is -0.158. The Labute approximate surface area is 137 Å². The van der Waals surface area contributed by atoms with E-state index in [1.54, 1.807) is 12.1 Å². The number of benzene rings is 1. The molecule has 0 aromatic heterocycles. The van der Waals surface area contributed by atoms with Gasteiger partial charge in [0, 0.05) is 18.5 Å². The molecule has 0 heterocycles. The lowest BCUT2D eigenvalue weighted by atomic mass is 9.96. The monoisotopic (exact) mass is 323 g/mol. The molecule has 122 valence electrons. The fourth-order valence-corrected chi connectivity index (χ4v) is 2.94. The molecule has 22 heavy (non-hydrogen) atoms. The van der Waals surface area contributed by atoms with Gasteiger partial charge < -0.3 is 10.6 Å². The van der Waals surface area contributed by atoms with Crippen LogP contribution in [0.5, 0.6) is 0 Å². The molecular weight excluding hydrogens is 297 g/mol. The van der Waals surface area contributed by atoms with Crippen molar-refractivity contribution in [2.75, 3.05) is 31.6 Å². The van der Waals surface area contributed by atoms with E-state index >= 15 is 0 Å². The van der Waals surface area contributed by atoms with E-state index in [0.717, 1.165) is 49.6 Å². The smallest absolute Gasteiger partial charge is 0.191 e. The van der Waals surface area contributed by atoms with Crippen molar-refractivity contribution in [3.05, 3.63) is 35.6 Å².